The van der Waals surface area contributed by atoms with Crippen LogP contribution in [0.5, 0.6) is 0 Å². The van der Waals surface area contributed by atoms with E-state index in [2.05, 4.69) is 36.4 Å². The van der Waals surface area contributed by atoms with E-state index < -0.39 is 0 Å². The van der Waals surface area contributed by atoms with Crippen molar-refractivity contribution in [1.82, 2.24) is 9.78 Å². The van der Waals surface area contributed by atoms with E-state index in [1.165, 1.54) is 11.1 Å². The number of fused-ring (bicyclic) bond motifs is 1. The van der Waals surface area contributed by atoms with Gasteiger partial charge in [-0.15, -0.1) is 0 Å². The number of benzene rings is 2. The first-order chi connectivity index (χ1) is 10.4. The quantitative estimate of drug-likeness (QED) is 0.714. The number of aromatic nitrogens is 2. The summed E-state index contributed by atoms with van der Waals surface area (Å²) in [6.45, 7) is 0.738. The molecule has 2 aromatic carbocycles. The molecule has 1 aromatic heterocycles. The zero-order valence-electron chi connectivity index (χ0n) is 11.6. The molecule has 3 aromatic rings. The Hall–Kier alpha value is -2.39. The van der Waals surface area contributed by atoms with Crippen LogP contribution in [0.25, 0.3) is 11.3 Å². The molecule has 0 radical (unpaired) electrons. The second kappa shape index (κ2) is 5.19. The van der Waals surface area contributed by atoms with Gasteiger partial charge in [0.25, 0.3) is 0 Å². The molecule has 0 amide bonds. The van der Waals surface area contributed by atoms with Gasteiger partial charge in [-0.1, -0.05) is 54.6 Å². The van der Waals surface area contributed by atoms with Crippen molar-refractivity contribution in [2.45, 2.75) is 12.6 Å². The highest BCUT2D eigenvalue weighted by molar-refractivity contribution is 5.58. The minimum Gasteiger partial charge on any atom is -0.352 e. The smallest absolute Gasteiger partial charge is 0.176 e. The second-order valence-electron chi connectivity index (χ2n) is 5.22. The first-order valence-corrected chi connectivity index (χ1v) is 7.22. The zero-order chi connectivity index (χ0) is 14.1. The van der Waals surface area contributed by atoms with Gasteiger partial charge in [-0.05, 0) is 18.1 Å². The number of rotatable bonds is 2. The Morgan fingerprint density at radius 3 is 2.67 bits per heavy atom. The maximum atomic E-state index is 5.94. The lowest BCUT2D eigenvalue weighted by Gasteiger charge is -2.26. The van der Waals surface area contributed by atoms with Crippen LogP contribution in [0, 0.1) is 0 Å². The van der Waals surface area contributed by atoms with Crippen LogP contribution in [0.2, 0.25) is 0 Å². The Kier molecular flexibility index (Phi) is 3.05. The fourth-order valence-corrected chi connectivity index (χ4v) is 2.82. The molecule has 0 saturated carbocycles. The average molecular weight is 276 g/mol. The van der Waals surface area contributed by atoms with E-state index >= 15 is 0 Å². The summed E-state index contributed by atoms with van der Waals surface area (Å²) >= 11 is 0. The highest BCUT2D eigenvalue weighted by Crippen LogP contribution is 2.29. The summed E-state index contributed by atoms with van der Waals surface area (Å²) < 4.78 is 7.86. The second-order valence-corrected chi connectivity index (χ2v) is 5.22. The van der Waals surface area contributed by atoms with Gasteiger partial charge in [-0.3, -0.25) is 0 Å². The van der Waals surface area contributed by atoms with E-state index in [1.54, 1.807) is 0 Å². The van der Waals surface area contributed by atoms with Gasteiger partial charge >= 0.3 is 0 Å². The highest BCUT2D eigenvalue weighted by Gasteiger charge is 2.22. The van der Waals surface area contributed by atoms with Crippen LogP contribution in [-0.2, 0) is 11.2 Å². The van der Waals surface area contributed by atoms with Gasteiger partial charge in [0.05, 0.1) is 12.3 Å². The van der Waals surface area contributed by atoms with Crippen LogP contribution in [0.1, 0.15) is 17.4 Å². The fraction of sp³-hybridized carbons (Fsp3) is 0.167. The van der Waals surface area contributed by atoms with E-state index in [9.17, 15) is 0 Å². The van der Waals surface area contributed by atoms with E-state index in [0.717, 1.165) is 24.3 Å². The molecule has 4 rings (SSSR count). The molecule has 1 unspecified atom stereocenters. The largest absolute Gasteiger partial charge is 0.352 e. The highest BCUT2D eigenvalue weighted by atomic mass is 16.5. The zero-order valence-corrected chi connectivity index (χ0v) is 11.6. The summed E-state index contributed by atoms with van der Waals surface area (Å²) in [5, 5.41) is 4.69. The topological polar surface area (TPSA) is 27.1 Å². The third-order valence-electron chi connectivity index (χ3n) is 3.89. The molecule has 0 spiro atoms. The third-order valence-corrected chi connectivity index (χ3v) is 3.89. The normalized spacial score (nSPS) is 17.4. The van der Waals surface area contributed by atoms with E-state index in [-0.39, 0.29) is 6.23 Å². The monoisotopic (exact) mass is 276 g/mol. The summed E-state index contributed by atoms with van der Waals surface area (Å²) in [4.78, 5) is 0. The fourth-order valence-electron chi connectivity index (χ4n) is 2.82. The average Bonchev–Trinajstić information content (AvgIpc) is 3.05. The molecule has 0 N–H and O–H groups in total. The van der Waals surface area contributed by atoms with Crippen LogP contribution < -0.4 is 0 Å². The molecule has 3 heteroatoms. The van der Waals surface area contributed by atoms with Crippen molar-refractivity contribution >= 4 is 0 Å². The standard InChI is InChI=1S/C18H16N2O/c1-2-7-15(8-3-1)17-10-12-20(19-17)18-16-9-5-4-6-14(16)11-13-21-18/h1-10,12,18H,11,13H2. The lowest BCUT2D eigenvalue weighted by atomic mass is 10.0. The molecular weight excluding hydrogens is 260 g/mol. The number of nitrogens with zero attached hydrogens (tertiary/aromatic N) is 2. The van der Waals surface area contributed by atoms with Crippen molar-refractivity contribution in [2.75, 3.05) is 6.61 Å². The van der Waals surface area contributed by atoms with Crippen LogP contribution >= 0.6 is 0 Å². The lowest BCUT2D eigenvalue weighted by molar-refractivity contribution is 0.0140. The first kappa shape index (κ1) is 12.4. The van der Waals surface area contributed by atoms with E-state index in [4.69, 9.17) is 9.84 Å². The van der Waals surface area contributed by atoms with Crippen LogP contribution in [-0.4, -0.2) is 16.4 Å². The lowest BCUT2D eigenvalue weighted by Crippen LogP contribution is -2.22. The van der Waals surface area contributed by atoms with Gasteiger partial charge in [0.1, 0.15) is 0 Å². The minimum atomic E-state index is -0.118. The maximum absolute atomic E-state index is 5.94. The minimum absolute atomic E-state index is 0.118. The van der Waals surface area contributed by atoms with Gasteiger partial charge in [0.15, 0.2) is 6.23 Å². The molecule has 1 atom stereocenters. The molecule has 0 aliphatic carbocycles. The molecule has 2 heterocycles. The van der Waals surface area contributed by atoms with Gasteiger partial charge < -0.3 is 4.74 Å². The molecule has 0 bridgehead atoms. The predicted octanol–water partition coefficient (Wildman–Crippen LogP) is 3.67. The SMILES string of the molecule is c1ccc(-c2ccn(C3OCCc4ccccc43)n2)cc1. The van der Waals surface area contributed by atoms with Crippen molar-refractivity contribution in [3.05, 3.63) is 78.0 Å². The number of hydrogen-bond acceptors (Lipinski definition) is 2. The van der Waals surface area contributed by atoms with Crippen LogP contribution in [0.3, 0.4) is 0 Å². The molecular formula is C18H16N2O. The van der Waals surface area contributed by atoms with Gasteiger partial charge in [-0.2, -0.15) is 5.10 Å². The summed E-state index contributed by atoms with van der Waals surface area (Å²) in [6.07, 6.45) is 2.85. The Bertz CT molecular complexity index is 749. The number of ether oxygens (including phenoxy) is 1. The van der Waals surface area contributed by atoms with E-state index in [1.807, 2.05) is 35.1 Å². The molecule has 1 aliphatic rings. The molecule has 1 aliphatic heterocycles. The number of hydrogen-bond donors (Lipinski definition) is 0. The van der Waals surface area contributed by atoms with Crippen molar-refractivity contribution < 1.29 is 4.74 Å². The Balaban J connectivity index is 1.71. The van der Waals surface area contributed by atoms with Crippen molar-refractivity contribution in [1.29, 1.82) is 0 Å². The maximum Gasteiger partial charge on any atom is 0.176 e. The van der Waals surface area contributed by atoms with Crippen molar-refractivity contribution in [3.63, 3.8) is 0 Å². The van der Waals surface area contributed by atoms with Gasteiger partial charge in [-0.25, -0.2) is 4.68 Å². The Labute approximate surface area is 123 Å². The van der Waals surface area contributed by atoms with E-state index in [0.29, 0.717) is 0 Å². The summed E-state index contributed by atoms with van der Waals surface area (Å²) in [5.41, 5.74) is 4.67. The van der Waals surface area contributed by atoms with Gasteiger partial charge in [0, 0.05) is 17.3 Å². The third kappa shape index (κ3) is 2.26. The van der Waals surface area contributed by atoms with Crippen molar-refractivity contribution in [3.8, 4) is 11.3 Å². The molecule has 3 nitrogen and oxygen atoms in total. The Morgan fingerprint density at radius 1 is 0.952 bits per heavy atom. The molecule has 21 heavy (non-hydrogen) atoms. The first-order valence-electron chi connectivity index (χ1n) is 7.22. The van der Waals surface area contributed by atoms with Gasteiger partial charge in [0.2, 0.25) is 0 Å². The molecule has 104 valence electrons. The summed E-state index contributed by atoms with van der Waals surface area (Å²) in [5.74, 6) is 0. The summed E-state index contributed by atoms with van der Waals surface area (Å²) in [6, 6.07) is 20.7. The Morgan fingerprint density at radius 2 is 1.76 bits per heavy atom. The van der Waals surface area contributed by atoms with Crippen LogP contribution in [0.4, 0.5) is 0 Å². The molecule has 0 saturated heterocycles. The summed E-state index contributed by atoms with van der Waals surface area (Å²) in [7, 11) is 0. The molecule has 0 fully saturated rings. The predicted molar refractivity (Wildman–Crippen MR) is 81.9 cm³/mol. The van der Waals surface area contributed by atoms with Crippen molar-refractivity contribution in [2.24, 2.45) is 0 Å². The van der Waals surface area contributed by atoms with Crippen LogP contribution in [0.15, 0.2) is 66.9 Å².